The Morgan fingerprint density at radius 2 is 1.82 bits per heavy atom. The molecule has 5 rings (SSSR count). The summed E-state index contributed by atoms with van der Waals surface area (Å²) in [4.78, 5) is 9.31. The lowest BCUT2D eigenvalue weighted by atomic mass is 9.84. The first-order chi connectivity index (χ1) is 16.1. The Kier molecular flexibility index (Phi) is 6.97. The summed E-state index contributed by atoms with van der Waals surface area (Å²) in [7, 11) is -3.47. The third kappa shape index (κ3) is 5.40. The second kappa shape index (κ2) is 10.1. The van der Waals surface area contributed by atoms with Crippen LogP contribution in [-0.2, 0) is 10.0 Å². The summed E-state index contributed by atoms with van der Waals surface area (Å²) in [6, 6.07) is 12.2. The number of nitrogens with zero attached hydrogens (tertiary/aromatic N) is 3. The van der Waals surface area contributed by atoms with Gasteiger partial charge in [-0.2, -0.15) is 0 Å². The van der Waals surface area contributed by atoms with Crippen LogP contribution in [0, 0.1) is 5.92 Å². The van der Waals surface area contributed by atoms with Crippen molar-refractivity contribution < 1.29 is 8.42 Å². The molecule has 0 radical (unpaired) electrons. The van der Waals surface area contributed by atoms with Crippen molar-refractivity contribution in [2.45, 2.75) is 43.0 Å². The van der Waals surface area contributed by atoms with E-state index in [-0.39, 0.29) is 10.9 Å². The number of hydrogen-bond donors (Lipinski definition) is 1. The third-order valence-electron chi connectivity index (χ3n) is 7.15. The van der Waals surface area contributed by atoms with Crippen LogP contribution in [0.1, 0.15) is 32.1 Å². The van der Waals surface area contributed by atoms with Gasteiger partial charge in [-0.15, -0.1) is 11.3 Å². The molecule has 2 aromatic heterocycles. The van der Waals surface area contributed by atoms with Gasteiger partial charge in [-0.25, -0.2) is 13.1 Å². The maximum absolute atomic E-state index is 12.5. The van der Waals surface area contributed by atoms with Crippen LogP contribution in [0.15, 0.2) is 59.1 Å². The first-order valence-electron chi connectivity index (χ1n) is 11.9. The van der Waals surface area contributed by atoms with Crippen LogP contribution in [0.3, 0.4) is 0 Å². The monoisotopic (exact) mass is 484 g/mol. The number of thiophene rings is 1. The van der Waals surface area contributed by atoms with E-state index in [1.807, 2.05) is 11.3 Å². The van der Waals surface area contributed by atoms with Crippen molar-refractivity contribution in [3.05, 3.63) is 54.2 Å². The number of pyridine rings is 1. The molecule has 1 aliphatic carbocycles. The summed E-state index contributed by atoms with van der Waals surface area (Å²) in [6.07, 6.45) is 8.25. The van der Waals surface area contributed by atoms with Crippen LogP contribution in [0.4, 0.5) is 5.69 Å². The quantitative estimate of drug-likeness (QED) is 0.540. The molecule has 1 N–H and O–H groups in total. The Labute approximate surface area is 200 Å². The fourth-order valence-corrected chi connectivity index (χ4v) is 7.27. The largest absolute Gasteiger partial charge is 0.368 e. The Morgan fingerprint density at radius 1 is 1.00 bits per heavy atom. The van der Waals surface area contributed by atoms with Gasteiger partial charge >= 0.3 is 0 Å². The van der Waals surface area contributed by atoms with Crippen molar-refractivity contribution in [2.24, 2.45) is 5.92 Å². The molecule has 1 aromatic carbocycles. The van der Waals surface area contributed by atoms with Crippen molar-refractivity contribution in [3.63, 3.8) is 0 Å². The van der Waals surface area contributed by atoms with Gasteiger partial charge in [0.1, 0.15) is 4.90 Å². The molecule has 6 nitrogen and oxygen atoms in total. The third-order valence-corrected chi connectivity index (χ3v) is 9.54. The molecular formula is C25H32N4O2S2. The van der Waals surface area contributed by atoms with E-state index in [1.54, 1.807) is 18.3 Å². The normalized spacial score (nSPS) is 22.6. The molecule has 0 unspecified atom stereocenters. The van der Waals surface area contributed by atoms with Crippen LogP contribution < -0.4 is 9.62 Å². The maximum atomic E-state index is 12.5. The highest BCUT2D eigenvalue weighted by Gasteiger charge is 2.26. The standard InChI is InChI=1S/C25H32N4O2S2/c30-33(31,22-3-2-12-26-19-22)27-21-8-6-20(7-9-21)10-13-28-14-16-29(17-15-28)24-4-1-5-25-23(24)11-18-32-25/h1-5,11-12,18-21,27H,6-10,13-17H2. The van der Waals surface area contributed by atoms with Crippen molar-refractivity contribution >= 4 is 37.1 Å². The minimum absolute atomic E-state index is 0.0369. The van der Waals surface area contributed by atoms with E-state index >= 15 is 0 Å². The van der Waals surface area contributed by atoms with Gasteiger partial charge in [-0.1, -0.05) is 6.07 Å². The molecule has 0 spiro atoms. The predicted octanol–water partition coefficient (Wildman–Crippen LogP) is 4.35. The summed E-state index contributed by atoms with van der Waals surface area (Å²) in [6.45, 7) is 5.53. The zero-order chi connectivity index (χ0) is 22.7. The lowest BCUT2D eigenvalue weighted by Gasteiger charge is -2.37. The average molecular weight is 485 g/mol. The predicted molar refractivity (Wildman–Crippen MR) is 135 cm³/mol. The number of anilines is 1. The van der Waals surface area contributed by atoms with E-state index in [4.69, 9.17) is 0 Å². The van der Waals surface area contributed by atoms with Crippen molar-refractivity contribution in [1.29, 1.82) is 0 Å². The van der Waals surface area contributed by atoms with E-state index in [9.17, 15) is 8.42 Å². The molecule has 3 aromatic rings. The van der Waals surface area contributed by atoms with Crippen LogP contribution in [0.5, 0.6) is 0 Å². The van der Waals surface area contributed by atoms with Crippen LogP contribution in [0.2, 0.25) is 0 Å². The molecular weight excluding hydrogens is 452 g/mol. The highest BCUT2D eigenvalue weighted by molar-refractivity contribution is 7.89. The first-order valence-corrected chi connectivity index (χ1v) is 14.3. The number of aromatic nitrogens is 1. The lowest BCUT2D eigenvalue weighted by Crippen LogP contribution is -2.47. The van der Waals surface area contributed by atoms with Gasteiger partial charge in [-0.3, -0.25) is 9.88 Å². The topological polar surface area (TPSA) is 65.5 Å². The number of piperazine rings is 1. The number of rotatable bonds is 7. The zero-order valence-corrected chi connectivity index (χ0v) is 20.5. The summed E-state index contributed by atoms with van der Waals surface area (Å²) < 4.78 is 29.3. The van der Waals surface area contributed by atoms with Gasteiger partial charge in [0.05, 0.1) is 0 Å². The summed E-state index contributed by atoms with van der Waals surface area (Å²) in [5.74, 6) is 0.696. The molecule has 33 heavy (non-hydrogen) atoms. The fraction of sp³-hybridized carbons (Fsp3) is 0.480. The first kappa shape index (κ1) is 22.8. The smallest absolute Gasteiger partial charge is 0.242 e. The summed E-state index contributed by atoms with van der Waals surface area (Å²) in [5.41, 5.74) is 1.38. The van der Waals surface area contributed by atoms with Crippen LogP contribution in [0.25, 0.3) is 10.1 Å². The number of fused-ring (bicyclic) bond motifs is 1. The summed E-state index contributed by atoms with van der Waals surface area (Å²) >= 11 is 1.81. The molecule has 0 bridgehead atoms. The molecule has 0 atom stereocenters. The zero-order valence-electron chi connectivity index (χ0n) is 18.9. The second-order valence-corrected chi connectivity index (χ2v) is 11.9. The highest BCUT2D eigenvalue weighted by atomic mass is 32.2. The van der Waals surface area contributed by atoms with Gasteiger partial charge in [0.2, 0.25) is 10.0 Å². The molecule has 8 heteroatoms. The minimum Gasteiger partial charge on any atom is -0.368 e. The van der Waals surface area contributed by atoms with Crippen molar-refractivity contribution in [3.8, 4) is 0 Å². The highest BCUT2D eigenvalue weighted by Crippen LogP contribution is 2.32. The molecule has 1 aliphatic heterocycles. The Bertz CT molecular complexity index is 1150. The number of hydrogen-bond acceptors (Lipinski definition) is 6. The van der Waals surface area contributed by atoms with Crippen molar-refractivity contribution in [2.75, 3.05) is 37.6 Å². The molecule has 3 heterocycles. The van der Waals surface area contributed by atoms with Gasteiger partial charge in [-0.05, 0) is 80.3 Å². The molecule has 2 aliphatic rings. The average Bonchev–Trinajstić information content (AvgIpc) is 3.34. The van der Waals surface area contributed by atoms with Gasteiger partial charge in [0.25, 0.3) is 0 Å². The lowest BCUT2D eigenvalue weighted by molar-refractivity contribution is 0.214. The molecule has 1 saturated heterocycles. The fourth-order valence-electron chi connectivity index (χ4n) is 5.19. The Hall–Kier alpha value is -2.00. The maximum Gasteiger partial charge on any atom is 0.242 e. The Balaban J connectivity index is 1.05. The summed E-state index contributed by atoms with van der Waals surface area (Å²) in [5, 5.41) is 3.56. The van der Waals surface area contributed by atoms with E-state index in [1.165, 1.54) is 28.4 Å². The minimum atomic E-state index is -3.47. The number of benzene rings is 1. The number of nitrogens with one attached hydrogen (secondary N) is 1. The van der Waals surface area contributed by atoms with Crippen LogP contribution in [-0.4, -0.2) is 57.1 Å². The Morgan fingerprint density at radius 3 is 2.58 bits per heavy atom. The van der Waals surface area contributed by atoms with E-state index in [0.717, 1.165) is 58.4 Å². The van der Waals surface area contributed by atoms with Gasteiger partial charge in [0.15, 0.2) is 0 Å². The van der Waals surface area contributed by atoms with E-state index < -0.39 is 10.0 Å². The van der Waals surface area contributed by atoms with Gasteiger partial charge < -0.3 is 4.90 Å². The SMILES string of the molecule is O=S(=O)(NC1CCC(CCN2CCN(c3cccc4sccc34)CC2)CC1)c1cccnc1. The van der Waals surface area contributed by atoms with E-state index in [2.05, 4.69) is 49.2 Å². The molecule has 0 amide bonds. The van der Waals surface area contributed by atoms with Gasteiger partial charge in [0, 0.05) is 60.4 Å². The molecule has 176 valence electrons. The number of sulfonamides is 1. The molecule has 1 saturated carbocycles. The second-order valence-electron chi connectivity index (χ2n) is 9.25. The van der Waals surface area contributed by atoms with Crippen molar-refractivity contribution in [1.82, 2.24) is 14.6 Å². The van der Waals surface area contributed by atoms with E-state index in [0.29, 0.717) is 5.92 Å². The van der Waals surface area contributed by atoms with Crippen LogP contribution >= 0.6 is 11.3 Å². The molecule has 2 fully saturated rings.